The lowest BCUT2D eigenvalue weighted by Gasteiger charge is -2.23. The zero-order valence-electron chi connectivity index (χ0n) is 12.7. The van der Waals surface area contributed by atoms with Gasteiger partial charge in [0, 0.05) is 19.1 Å². The van der Waals surface area contributed by atoms with Crippen molar-refractivity contribution in [2.45, 2.75) is 64.3 Å². The maximum absolute atomic E-state index is 3.89. The second kappa shape index (κ2) is 6.58. The van der Waals surface area contributed by atoms with Crippen LogP contribution in [0.5, 0.6) is 0 Å². The highest BCUT2D eigenvalue weighted by Gasteiger charge is 2.40. The summed E-state index contributed by atoms with van der Waals surface area (Å²) in [4.78, 5) is 2.71. The van der Waals surface area contributed by atoms with Gasteiger partial charge in [-0.2, -0.15) is 0 Å². The van der Waals surface area contributed by atoms with E-state index in [0.29, 0.717) is 0 Å². The number of nitrogens with zero attached hydrogens (tertiary/aromatic N) is 1. The third-order valence-corrected chi connectivity index (χ3v) is 5.59. The molecule has 3 aliphatic rings. The van der Waals surface area contributed by atoms with Crippen molar-refractivity contribution >= 4 is 0 Å². The molecular weight excluding hydrogens is 232 g/mol. The second-order valence-electron chi connectivity index (χ2n) is 7.20. The number of hydrogen-bond acceptors (Lipinski definition) is 2. The summed E-state index contributed by atoms with van der Waals surface area (Å²) in [5.41, 5.74) is 0. The summed E-state index contributed by atoms with van der Waals surface area (Å²) in [7, 11) is 0. The highest BCUT2D eigenvalue weighted by molar-refractivity contribution is 4.96. The molecule has 2 nitrogen and oxygen atoms in total. The number of hydrogen-bond donors (Lipinski definition) is 1. The summed E-state index contributed by atoms with van der Waals surface area (Å²) in [6, 6.07) is 0.885. The van der Waals surface area contributed by atoms with E-state index in [0.717, 1.165) is 23.8 Å². The van der Waals surface area contributed by atoms with Gasteiger partial charge in [-0.3, -0.25) is 0 Å². The normalized spacial score (nSPS) is 29.7. The van der Waals surface area contributed by atoms with Crippen LogP contribution in [0.3, 0.4) is 0 Å². The average molecular weight is 264 g/mol. The van der Waals surface area contributed by atoms with Gasteiger partial charge in [-0.05, 0) is 75.8 Å². The summed E-state index contributed by atoms with van der Waals surface area (Å²) in [5, 5.41) is 3.89. The fraction of sp³-hybridized carbons (Fsp3) is 1.00. The molecule has 3 rings (SSSR count). The first-order chi connectivity index (χ1) is 9.36. The van der Waals surface area contributed by atoms with Crippen molar-refractivity contribution in [3.63, 3.8) is 0 Å². The summed E-state index contributed by atoms with van der Waals surface area (Å²) >= 11 is 0. The number of nitrogens with one attached hydrogen (secondary N) is 1. The molecule has 19 heavy (non-hydrogen) atoms. The predicted molar refractivity (Wildman–Crippen MR) is 81.3 cm³/mol. The Kier molecular flexibility index (Phi) is 4.81. The molecule has 0 amide bonds. The Morgan fingerprint density at radius 3 is 2.37 bits per heavy atom. The van der Waals surface area contributed by atoms with E-state index in [-0.39, 0.29) is 0 Å². The van der Waals surface area contributed by atoms with Crippen LogP contribution in [0.15, 0.2) is 0 Å². The maximum atomic E-state index is 3.89. The van der Waals surface area contributed by atoms with E-state index in [1.54, 1.807) is 0 Å². The molecule has 0 aromatic heterocycles. The van der Waals surface area contributed by atoms with E-state index in [9.17, 15) is 0 Å². The minimum atomic E-state index is 0.885. The number of likely N-dealkylation sites (tertiary alicyclic amines) is 1. The van der Waals surface area contributed by atoms with Gasteiger partial charge in [0.1, 0.15) is 0 Å². The molecule has 1 aliphatic heterocycles. The lowest BCUT2D eigenvalue weighted by atomic mass is 9.98. The van der Waals surface area contributed by atoms with Crippen molar-refractivity contribution in [2.24, 2.45) is 17.8 Å². The highest BCUT2D eigenvalue weighted by atomic mass is 15.1. The Labute approximate surface area is 119 Å². The van der Waals surface area contributed by atoms with Crippen molar-refractivity contribution in [2.75, 3.05) is 26.2 Å². The van der Waals surface area contributed by atoms with Gasteiger partial charge in [-0.25, -0.2) is 0 Å². The summed E-state index contributed by atoms with van der Waals surface area (Å²) in [6.07, 6.45) is 11.7. The van der Waals surface area contributed by atoms with Crippen LogP contribution in [0.2, 0.25) is 0 Å². The van der Waals surface area contributed by atoms with Crippen molar-refractivity contribution in [1.29, 1.82) is 0 Å². The standard InChI is InChI=1S/C17H32N2/c1-2-14-4-3-11-19(12-9-14)13-10-18-17(15-5-6-15)16-7-8-16/h14-18H,2-13H2,1H3. The molecule has 2 saturated carbocycles. The van der Waals surface area contributed by atoms with Gasteiger partial charge in [0.2, 0.25) is 0 Å². The largest absolute Gasteiger partial charge is 0.312 e. The van der Waals surface area contributed by atoms with Crippen LogP contribution in [0.1, 0.15) is 58.3 Å². The molecule has 2 aliphatic carbocycles. The van der Waals surface area contributed by atoms with Gasteiger partial charge >= 0.3 is 0 Å². The molecule has 1 unspecified atom stereocenters. The van der Waals surface area contributed by atoms with Crippen LogP contribution >= 0.6 is 0 Å². The molecule has 0 aromatic carbocycles. The zero-order valence-corrected chi connectivity index (χ0v) is 12.7. The molecule has 1 saturated heterocycles. The molecule has 1 heterocycles. The van der Waals surface area contributed by atoms with Crippen LogP contribution in [-0.2, 0) is 0 Å². The van der Waals surface area contributed by atoms with Crippen LogP contribution < -0.4 is 5.32 Å². The summed E-state index contributed by atoms with van der Waals surface area (Å²) in [5.74, 6) is 3.09. The third-order valence-electron chi connectivity index (χ3n) is 5.59. The van der Waals surface area contributed by atoms with Crippen molar-refractivity contribution in [3.8, 4) is 0 Å². The first kappa shape index (κ1) is 13.9. The molecule has 0 radical (unpaired) electrons. The Bertz CT molecular complexity index is 258. The van der Waals surface area contributed by atoms with Gasteiger partial charge in [-0.15, -0.1) is 0 Å². The maximum Gasteiger partial charge on any atom is 0.0124 e. The van der Waals surface area contributed by atoms with E-state index < -0.39 is 0 Å². The minimum Gasteiger partial charge on any atom is -0.312 e. The SMILES string of the molecule is CCC1CCCN(CCNC(C2CC2)C2CC2)CC1. The van der Waals surface area contributed by atoms with Gasteiger partial charge in [-0.1, -0.05) is 13.3 Å². The quantitative estimate of drug-likeness (QED) is 0.759. The first-order valence-electron chi connectivity index (χ1n) is 8.82. The predicted octanol–water partition coefficient (Wildman–Crippen LogP) is 3.28. The van der Waals surface area contributed by atoms with Gasteiger partial charge < -0.3 is 10.2 Å². The summed E-state index contributed by atoms with van der Waals surface area (Å²) in [6.45, 7) is 7.56. The van der Waals surface area contributed by atoms with Crippen LogP contribution in [0.4, 0.5) is 0 Å². The molecule has 2 heteroatoms. The Morgan fingerprint density at radius 2 is 1.74 bits per heavy atom. The summed E-state index contributed by atoms with van der Waals surface area (Å²) < 4.78 is 0. The number of rotatable bonds is 7. The molecule has 0 spiro atoms. The molecule has 0 aromatic rings. The van der Waals surface area contributed by atoms with E-state index >= 15 is 0 Å². The van der Waals surface area contributed by atoms with E-state index in [1.807, 2.05) is 0 Å². The smallest absolute Gasteiger partial charge is 0.0124 e. The Hall–Kier alpha value is -0.0800. The van der Waals surface area contributed by atoms with Gasteiger partial charge in [0.05, 0.1) is 0 Å². The first-order valence-corrected chi connectivity index (χ1v) is 8.82. The Balaban J connectivity index is 1.34. The average Bonchev–Trinajstić information content (AvgIpc) is 3.31. The van der Waals surface area contributed by atoms with Gasteiger partial charge in [0.15, 0.2) is 0 Å². The fourth-order valence-electron chi connectivity index (χ4n) is 3.87. The van der Waals surface area contributed by atoms with Crippen LogP contribution in [0.25, 0.3) is 0 Å². The van der Waals surface area contributed by atoms with Crippen molar-refractivity contribution in [1.82, 2.24) is 10.2 Å². The lowest BCUT2D eigenvalue weighted by molar-refractivity contribution is 0.268. The molecular formula is C17H32N2. The minimum absolute atomic E-state index is 0.885. The van der Waals surface area contributed by atoms with Gasteiger partial charge in [0.25, 0.3) is 0 Å². The van der Waals surface area contributed by atoms with E-state index in [4.69, 9.17) is 0 Å². The fourth-order valence-corrected chi connectivity index (χ4v) is 3.87. The van der Waals surface area contributed by atoms with E-state index in [2.05, 4.69) is 17.1 Å². The monoisotopic (exact) mass is 264 g/mol. The van der Waals surface area contributed by atoms with E-state index in [1.165, 1.54) is 77.5 Å². The van der Waals surface area contributed by atoms with Crippen LogP contribution in [0, 0.1) is 17.8 Å². The molecule has 3 fully saturated rings. The Morgan fingerprint density at radius 1 is 1.00 bits per heavy atom. The van der Waals surface area contributed by atoms with Crippen molar-refractivity contribution in [3.05, 3.63) is 0 Å². The topological polar surface area (TPSA) is 15.3 Å². The third kappa shape index (κ3) is 4.19. The lowest BCUT2D eigenvalue weighted by Crippen LogP contribution is -2.39. The van der Waals surface area contributed by atoms with Crippen molar-refractivity contribution < 1.29 is 0 Å². The van der Waals surface area contributed by atoms with Crippen LogP contribution in [-0.4, -0.2) is 37.1 Å². The molecule has 110 valence electrons. The molecule has 1 atom stereocenters. The second-order valence-corrected chi connectivity index (χ2v) is 7.20. The molecule has 1 N–H and O–H groups in total. The molecule has 0 bridgehead atoms. The highest BCUT2D eigenvalue weighted by Crippen LogP contribution is 2.44. The zero-order chi connectivity index (χ0) is 13.1.